The third-order valence-electron chi connectivity index (χ3n) is 2.37. The van der Waals surface area contributed by atoms with Crippen molar-refractivity contribution >= 4 is 18.0 Å². The molecule has 1 unspecified atom stereocenters. The minimum atomic E-state index is -1.37. The van der Waals surface area contributed by atoms with Gasteiger partial charge < -0.3 is 20.4 Å². The van der Waals surface area contributed by atoms with Crippen molar-refractivity contribution in [3.8, 4) is 0 Å². The molecule has 3 N–H and O–H groups in total. The zero-order chi connectivity index (χ0) is 12.1. The first-order valence-electron chi connectivity index (χ1n) is 5.00. The summed E-state index contributed by atoms with van der Waals surface area (Å²) in [5, 5.41) is 19.4. The first kappa shape index (κ1) is 12.3. The molecule has 0 aliphatic carbocycles. The summed E-state index contributed by atoms with van der Waals surface area (Å²) >= 11 is 0. The molecule has 0 aromatic rings. The van der Waals surface area contributed by atoms with E-state index in [0.717, 1.165) is 12.8 Å². The smallest absolute Gasteiger partial charge is 0.326 e. The van der Waals surface area contributed by atoms with Gasteiger partial charge in [0.2, 0.25) is 0 Å². The normalized spacial score (nSPS) is 16.9. The van der Waals surface area contributed by atoms with Crippen LogP contribution in [0.1, 0.15) is 19.3 Å². The van der Waals surface area contributed by atoms with E-state index in [1.807, 2.05) is 0 Å². The Hall–Kier alpha value is -1.79. The van der Waals surface area contributed by atoms with Gasteiger partial charge >= 0.3 is 18.0 Å². The number of carbonyl (C=O) groups is 3. The summed E-state index contributed by atoms with van der Waals surface area (Å²) < 4.78 is 0. The number of hydrogen-bond acceptors (Lipinski definition) is 3. The van der Waals surface area contributed by atoms with Gasteiger partial charge in [-0.3, -0.25) is 4.79 Å². The minimum absolute atomic E-state index is 0.508. The number of carboxylic acids is 2. The first-order chi connectivity index (χ1) is 7.50. The van der Waals surface area contributed by atoms with Gasteiger partial charge in [0.15, 0.2) is 0 Å². The Morgan fingerprint density at radius 3 is 2.19 bits per heavy atom. The first-order valence-corrected chi connectivity index (χ1v) is 5.00. The summed E-state index contributed by atoms with van der Waals surface area (Å²) in [4.78, 5) is 34.1. The van der Waals surface area contributed by atoms with Crippen molar-refractivity contribution in [2.45, 2.75) is 25.3 Å². The van der Waals surface area contributed by atoms with Crippen LogP contribution in [0, 0.1) is 0 Å². The Bertz CT molecular complexity index is 298. The Labute approximate surface area is 92.0 Å². The van der Waals surface area contributed by atoms with Crippen LogP contribution in [0.4, 0.5) is 4.79 Å². The maximum atomic E-state index is 11.5. The number of nitrogens with zero attached hydrogens (tertiary/aromatic N) is 1. The molecule has 0 saturated carbocycles. The highest BCUT2D eigenvalue weighted by Crippen LogP contribution is 2.07. The molecule has 1 fully saturated rings. The molecule has 0 bridgehead atoms. The molecule has 1 rings (SSSR count). The van der Waals surface area contributed by atoms with Gasteiger partial charge in [0.1, 0.15) is 6.04 Å². The summed E-state index contributed by atoms with van der Waals surface area (Å²) in [5.74, 6) is -2.59. The van der Waals surface area contributed by atoms with Crippen LogP contribution in [-0.4, -0.2) is 52.2 Å². The van der Waals surface area contributed by atoms with E-state index in [4.69, 9.17) is 10.2 Å². The highest BCUT2D eigenvalue weighted by atomic mass is 16.4. The SMILES string of the molecule is O=C(O)CC(NC(=O)N1CCCC1)C(=O)O. The van der Waals surface area contributed by atoms with E-state index in [0.29, 0.717) is 13.1 Å². The second-order valence-electron chi connectivity index (χ2n) is 3.63. The Morgan fingerprint density at radius 1 is 1.19 bits per heavy atom. The number of amides is 2. The molecule has 16 heavy (non-hydrogen) atoms. The summed E-state index contributed by atoms with van der Waals surface area (Å²) in [5.41, 5.74) is 0. The fraction of sp³-hybridized carbons (Fsp3) is 0.667. The molecule has 1 aliphatic rings. The molecule has 0 aromatic heterocycles. The number of urea groups is 1. The molecular formula is C9H14N2O5. The topological polar surface area (TPSA) is 107 Å². The molecular weight excluding hydrogens is 216 g/mol. The highest BCUT2D eigenvalue weighted by molar-refractivity contribution is 5.86. The molecule has 0 aromatic carbocycles. The van der Waals surface area contributed by atoms with Crippen molar-refractivity contribution in [1.82, 2.24) is 10.2 Å². The second kappa shape index (κ2) is 5.34. The van der Waals surface area contributed by atoms with E-state index in [1.165, 1.54) is 4.90 Å². The van der Waals surface area contributed by atoms with E-state index in [1.54, 1.807) is 0 Å². The van der Waals surface area contributed by atoms with Crippen LogP contribution in [0.3, 0.4) is 0 Å². The highest BCUT2D eigenvalue weighted by Gasteiger charge is 2.26. The van der Waals surface area contributed by atoms with Gasteiger partial charge in [-0.1, -0.05) is 0 Å². The molecule has 7 nitrogen and oxygen atoms in total. The molecule has 1 saturated heterocycles. The van der Waals surface area contributed by atoms with Crippen LogP contribution in [-0.2, 0) is 9.59 Å². The van der Waals surface area contributed by atoms with Crippen molar-refractivity contribution in [3.05, 3.63) is 0 Å². The van der Waals surface area contributed by atoms with E-state index in [-0.39, 0.29) is 0 Å². The lowest BCUT2D eigenvalue weighted by Crippen LogP contribution is -2.47. The van der Waals surface area contributed by atoms with Crippen LogP contribution < -0.4 is 5.32 Å². The molecule has 1 atom stereocenters. The average molecular weight is 230 g/mol. The third kappa shape index (κ3) is 3.41. The number of likely N-dealkylation sites (tertiary alicyclic amines) is 1. The standard InChI is InChI=1S/C9H14N2O5/c12-7(13)5-6(8(14)15)10-9(16)11-3-1-2-4-11/h6H,1-5H2,(H,10,16)(H,12,13)(H,14,15). The fourth-order valence-electron chi connectivity index (χ4n) is 1.54. The number of nitrogens with one attached hydrogen (secondary N) is 1. The third-order valence-corrected chi connectivity index (χ3v) is 2.37. The minimum Gasteiger partial charge on any atom is -0.481 e. The van der Waals surface area contributed by atoms with Gasteiger partial charge in [-0.05, 0) is 12.8 Å². The van der Waals surface area contributed by atoms with Crippen molar-refractivity contribution in [2.75, 3.05) is 13.1 Å². The van der Waals surface area contributed by atoms with Crippen molar-refractivity contribution < 1.29 is 24.6 Å². The lowest BCUT2D eigenvalue weighted by Gasteiger charge is -2.19. The number of rotatable bonds is 4. The molecule has 0 radical (unpaired) electrons. The lowest BCUT2D eigenvalue weighted by atomic mass is 10.2. The van der Waals surface area contributed by atoms with Crippen LogP contribution in [0.25, 0.3) is 0 Å². The van der Waals surface area contributed by atoms with Gasteiger partial charge in [0, 0.05) is 13.1 Å². The molecule has 7 heteroatoms. The number of hydrogen-bond donors (Lipinski definition) is 3. The summed E-state index contributed by atoms with van der Waals surface area (Å²) in [6, 6.07) is -1.88. The van der Waals surface area contributed by atoms with Crippen molar-refractivity contribution in [2.24, 2.45) is 0 Å². The van der Waals surface area contributed by atoms with Crippen LogP contribution in [0.15, 0.2) is 0 Å². The van der Waals surface area contributed by atoms with Gasteiger partial charge in [-0.25, -0.2) is 9.59 Å². The second-order valence-corrected chi connectivity index (χ2v) is 3.63. The predicted molar refractivity (Wildman–Crippen MR) is 53.0 cm³/mol. The Kier molecular flexibility index (Phi) is 4.10. The van der Waals surface area contributed by atoms with Crippen LogP contribution >= 0.6 is 0 Å². The zero-order valence-electron chi connectivity index (χ0n) is 8.68. The Morgan fingerprint density at radius 2 is 1.75 bits per heavy atom. The largest absolute Gasteiger partial charge is 0.481 e. The molecule has 1 heterocycles. The molecule has 1 aliphatic heterocycles. The van der Waals surface area contributed by atoms with E-state index < -0.39 is 30.4 Å². The summed E-state index contributed by atoms with van der Waals surface area (Å²) in [7, 11) is 0. The lowest BCUT2D eigenvalue weighted by molar-refractivity contribution is -0.145. The summed E-state index contributed by atoms with van der Waals surface area (Å²) in [6.45, 7) is 1.18. The maximum Gasteiger partial charge on any atom is 0.326 e. The number of aliphatic carboxylic acids is 2. The number of carboxylic acid groups (broad SMARTS) is 2. The zero-order valence-corrected chi connectivity index (χ0v) is 8.68. The number of carbonyl (C=O) groups excluding carboxylic acids is 1. The molecule has 0 spiro atoms. The van der Waals surface area contributed by atoms with Crippen LogP contribution in [0.2, 0.25) is 0 Å². The summed E-state index contributed by atoms with van der Waals surface area (Å²) in [6.07, 6.45) is 1.17. The average Bonchev–Trinajstić information content (AvgIpc) is 2.68. The monoisotopic (exact) mass is 230 g/mol. The predicted octanol–water partition coefficient (Wildman–Crippen LogP) is -0.280. The van der Waals surface area contributed by atoms with Crippen LogP contribution in [0.5, 0.6) is 0 Å². The van der Waals surface area contributed by atoms with Gasteiger partial charge in [0.05, 0.1) is 6.42 Å². The van der Waals surface area contributed by atoms with Crippen molar-refractivity contribution in [1.29, 1.82) is 0 Å². The molecule has 90 valence electrons. The Balaban J connectivity index is 2.50. The maximum absolute atomic E-state index is 11.5. The van der Waals surface area contributed by atoms with Gasteiger partial charge in [-0.15, -0.1) is 0 Å². The van der Waals surface area contributed by atoms with E-state index in [2.05, 4.69) is 5.32 Å². The van der Waals surface area contributed by atoms with Gasteiger partial charge in [0.25, 0.3) is 0 Å². The van der Waals surface area contributed by atoms with E-state index in [9.17, 15) is 14.4 Å². The fourth-order valence-corrected chi connectivity index (χ4v) is 1.54. The molecule has 2 amide bonds. The van der Waals surface area contributed by atoms with E-state index >= 15 is 0 Å². The quantitative estimate of drug-likeness (QED) is 0.615. The van der Waals surface area contributed by atoms with Crippen molar-refractivity contribution in [3.63, 3.8) is 0 Å². The van der Waals surface area contributed by atoms with Gasteiger partial charge in [-0.2, -0.15) is 0 Å².